The molecule has 1 saturated carbocycles. The SMILES string of the molecule is C=CCOCC(CCC(C)CC)(COCC=C)C1CCCCC1. The first-order valence-electron chi connectivity index (χ1n) is 9.55. The minimum atomic E-state index is 0.163. The van der Waals surface area contributed by atoms with Crippen LogP contribution in [0.1, 0.15) is 65.2 Å². The Kier molecular flexibility index (Phi) is 10.5. The second-order valence-electron chi connectivity index (χ2n) is 7.36. The number of hydrogen-bond donors (Lipinski definition) is 0. The highest BCUT2D eigenvalue weighted by Crippen LogP contribution is 2.43. The van der Waals surface area contributed by atoms with Crippen molar-refractivity contribution >= 4 is 0 Å². The van der Waals surface area contributed by atoms with Gasteiger partial charge in [-0.15, -0.1) is 13.2 Å². The Labute approximate surface area is 144 Å². The third kappa shape index (κ3) is 7.22. The summed E-state index contributed by atoms with van der Waals surface area (Å²) in [5.41, 5.74) is 0.163. The molecule has 1 unspecified atom stereocenters. The van der Waals surface area contributed by atoms with Crippen LogP contribution in [0.2, 0.25) is 0 Å². The molecule has 0 spiro atoms. The average Bonchev–Trinajstić information content (AvgIpc) is 2.60. The molecule has 134 valence electrons. The van der Waals surface area contributed by atoms with Crippen molar-refractivity contribution in [1.29, 1.82) is 0 Å². The quantitative estimate of drug-likeness (QED) is 0.316. The van der Waals surface area contributed by atoms with Gasteiger partial charge >= 0.3 is 0 Å². The van der Waals surface area contributed by atoms with E-state index >= 15 is 0 Å². The molecule has 0 heterocycles. The molecule has 2 nitrogen and oxygen atoms in total. The minimum Gasteiger partial charge on any atom is -0.377 e. The first kappa shape index (κ1) is 20.4. The summed E-state index contributed by atoms with van der Waals surface area (Å²) in [5, 5.41) is 0. The predicted octanol–water partition coefficient (Wildman–Crippen LogP) is 5.78. The van der Waals surface area contributed by atoms with E-state index in [0.717, 1.165) is 25.0 Å². The summed E-state index contributed by atoms with van der Waals surface area (Å²) in [4.78, 5) is 0. The zero-order valence-corrected chi connectivity index (χ0v) is 15.5. The summed E-state index contributed by atoms with van der Waals surface area (Å²) in [5.74, 6) is 1.51. The van der Waals surface area contributed by atoms with Crippen LogP contribution in [0.15, 0.2) is 25.3 Å². The first-order chi connectivity index (χ1) is 11.2. The fourth-order valence-electron chi connectivity index (χ4n) is 3.77. The molecule has 0 amide bonds. The zero-order chi connectivity index (χ0) is 17.0. The van der Waals surface area contributed by atoms with E-state index in [9.17, 15) is 0 Å². The van der Waals surface area contributed by atoms with Gasteiger partial charge in [-0.2, -0.15) is 0 Å². The normalized spacial score (nSPS) is 17.8. The van der Waals surface area contributed by atoms with Crippen molar-refractivity contribution in [3.8, 4) is 0 Å². The lowest BCUT2D eigenvalue weighted by Gasteiger charge is -2.43. The minimum absolute atomic E-state index is 0.163. The van der Waals surface area contributed by atoms with Crippen molar-refractivity contribution in [2.75, 3.05) is 26.4 Å². The Hall–Kier alpha value is -0.600. The van der Waals surface area contributed by atoms with Crippen LogP contribution < -0.4 is 0 Å². The molecule has 0 bridgehead atoms. The van der Waals surface area contributed by atoms with Gasteiger partial charge in [-0.1, -0.05) is 58.1 Å². The van der Waals surface area contributed by atoms with Gasteiger partial charge in [-0.05, 0) is 31.1 Å². The molecule has 1 rings (SSSR count). The molecule has 0 aromatic rings. The maximum atomic E-state index is 5.97. The van der Waals surface area contributed by atoms with Crippen LogP contribution in [0.25, 0.3) is 0 Å². The van der Waals surface area contributed by atoms with E-state index in [1.54, 1.807) is 0 Å². The van der Waals surface area contributed by atoms with Gasteiger partial charge in [0.05, 0.1) is 26.4 Å². The standard InChI is InChI=1S/C21H38O2/c1-5-15-22-17-21(18-23-16-6-2,14-13-19(4)7-3)20-11-9-8-10-12-20/h5-6,19-20H,1-2,7-18H2,3-4H3. The predicted molar refractivity (Wildman–Crippen MR) is 99.7 cm³/mol. The fraction of sp³-hybridized carbons (Fsp3) is 0.810. The van der Waals surface area contributed by atoms with E-state index in [1.807, 2.05) is 12.2 Å². The molecule has 0 aromatic heterocycles. The molecule has 0 N–H and O–H groups in total. The fourth-order valence-corrected chi connectivity index (χ4v) is 3.77. The Morgan fingerprint density at radius 3 is 2.09 bits per heavy atom. The molecule has 1 aliphatic carbocycles. The molecule has 1 aliphatic rings. The topological polar surface area (TPSA) is 18.5 Å². The zero-order valence-electron chi connectivity index (χ0n) is 15.5. The Balaban J connectivity index is 2.82. The molecule has 0 aliphatic heterocycles. The molecule has 2 heteroatoms. The largest absolute Gasteiger partial charge is 0.377 e. The van der Waals surface area contributed by atoms with Gasteiger partial charge in [0.15, 0.2) is 0 Å². The highest BCUT2D eigenvalue weighted by atomic mass is 16.5. The monoisotopic (exact) mass is 322 g/mol. The molecular formula is C21H38O2. The molecule has 0 aromatic carbocycles. The van der Waals surface area contributed by atoms with Crippen LogP contribution in [-0.4, -0.2) is 26.4 Å². The van der Waals surface area contributed by atoms with E-state index in [1.165, 1.54) is 51.4 Å². The van der Waals surface area contributed by atoms with Crippen LogP contribution in [0, 0.1) is 17.3 Å². The van der Waals surface area contributed by atoms with Crippen LogP contribution in [0.5, 0.6) is 0 Å². The summed E-state index contributed by atoms with van der Waals surface area (Å²) >= 11 is 0. The second kappa shape index (κ2) is 11.9. The lowest BCUT2D eigenvalue weighted by molar-refractivity contribution is -0.0625. The third-order valence-electron chi connectivity index (χ3n) is 5.55. The van der Waals surface area contributed by atoms with Crippen molar-refractivity contribution in [2.45, 2.75) is 65.2 Å². The van der Waals surface area contributed by atoms with Gasteiger partial charge in [0.25, 0.3) is 0 Å². The summed E-state index contributed by atoms with van der Waals surface area (Å²) in [6.45, 7) is 15.1. The summed E-state index contributed by atoms with van der Waals surface area (Å²) in [6, 6.07) is 0. The van der Waals surface area contributed by atoms with E-state index in [2.05, 4.69) is 27.0 Å². The van der Waals surface area contributed by atoms with Gasteiger partial charge in [-0.25, -0.2) is 0 Å². The maximum Gasteiger partial charge on any atom is 0.0645 e. The maximum absolute atomic E-state index is 5.97. The van der Waals surface area contributed by atoms with Crippen molar-refractivity contribution in [2.24, 2.45) is 17.3 Å². The molecule has 23 heavy (non-hydrogen) atoms. The van der Waals surface area contributed by atoms with Crippen LogP contribution in [-0.2, 0) is 9.47 Å². The lowest BCUT2D eigenvalue weighted by Crippen LogP contribution is -2.41. The Bertz CT molecular complexity index is 304. The van der Waals surface area contributed by atoms with E-state index in [-0.39, 0.29) is 5.41 Å². The van der Waals surface area contributed by atoms with Gasteiger partial charge in [0, 0.05) is 5.41 Å². The number of hydrogen-bond acceptors (Lipinski definition) is 2. The summed E-state index contributed by atoms with van der Waals surface area (Å²) in [7, 11) is 0. The van der Waals surface area contributed by atoms with E-state index < -0.39 is 0 Å². The average molecular weight is 323 g/mol. The van der Waals surface area contributed by atoms with Gasteiger partial charge in [-0.3, -0.25) is 0 Å². The second-order valence-corrected chi connectivity index (χ2v) is 7.36. The van der Waals surface area contributed by atoms with Crippen molar-refractivity contribution < 1.29 is 9.47 Å². The Morgan fingerprint density at radius 1 is 1.04 bits per heavy atom. The van der Waals surface area contributed by atoms with Crippen molar-refractivity contribution in [1.82, 2.24) is 0 Å². The van der Waals surface area contributed by atoms with Gasteiger partial charge < -0.3 is 9.47 Å². The van der Waals surface area contributed by atoms with Gasteiger partial charge in [0.2, 0.25) is 0 Å². The van der Waals surface area contributed by atoms with Gasteiger partial charge in [0.1, 0.15) is 0 Å². The van der Waals surface area contributed by atoms with Crippen molar-refractivity contribution in [3.63, 3.8) is 0 Å². The summed E-state index contributed by atoms with van der Waals surface area (Å²) in [6.07, 6.45) is 14.2. The summed E-state index contributed by atoms with van der Waals surface area (Å²) < 4.78 is 11.9. The smallest absolute Gasteiger partial charge is 0.0645 e. The molecule has 1 fully saturated rings. The third-order valence-corrected chi connectivity index (χ3v) is 5.55. The first-order valence-corrected chi connectivity index (χ1v) is 9.55. The van der Waals surface area contributed by atoms with Crippen molar-refractivity contribution in [3.05, 3.63) is 25.3 Å². The van der Waals surface area contributed by atoms with Crippen LogP contribution >= 0.6 is 0 Å². The molecule has 0 saturated heterocycles. The Morgan fingerprint density at radius 2 is 1.61 bits per heavy atom. The highest BCUT2D eigenvalue weighted by molar-refractivity contribution is 4.89. The van der Waals surface area contributed by atoms with E-state index in [4.69, 9.17) is 9.47 Å². The molecule has 0 radical (unpaired) electrons. The number of ether oxygens (including phenoxy) is 2. The molecular weight excluding hydrogens is 284 g/mol. The van der Waals surface area contributed by atoms with E-state index in [0.29, 0.717) is 13.2 Å². The van der Waals surface area contributed by atoms with Crippen LogP contribution in [0.4, 0.5) is 0 Å². The van der Waals surface area contributed by atoms with Crippen LogP contribution in [0.3, 0.4) is 0 Å². The number of rotatable bonds is 13. The lowest BCUT2D eigenvalue weighted by atomic mass is 9.66. The molecule has 1 atom stereocenters. The highest BCUT2D eigenvalue weighted by Gasteiger charge is 2.39.